The van der Waals surface area contributed by atoms with Crippen LogP contribution in [0.2, 0.25) is 0 Å². The summed E-state index contributed by atoms with van der Waals surface area (Å²) in [5.74, 6) is 2.91. The first kappa shape index (κ1) is 14.1. The van der Waals surface area contributed by atoms with Crippen LogP contribution in [0.4, 0.5) is 0 Å². The first-order chi connectivity index (χ1) is 11.2. The van der Waals surface area contributed by atoms with Crippen LogP contribution < -0.4 is 0 Å². The number of nitrogens with zero attached hydrogens (tertiary/aromatic N) is 6. The zero-order chi connectivity index (χ0) is 15.8. The number of rotatable bonds is 3. The quantitative estimate of drug-likeness (QED) is 0.793. The smallest absolute Gasteiger partial charge is 0.185 e. The molecule has 8 heteroatoms. The van der Waals surface area contributed by atoms with E-state index in [1.807, 2.05) is 29.4 Å². The molecule has 120 valence electrons. The van der Waals surface area contributed by atoms with Crippen LogP contribution in [0.5, 0.6) is 0 Å². The maximum atomic E-state index is 5.48. The SMILES string of the molecule is Cc1[nH]ncc1-c1nc(C2CCOCC2)n(-c2ccnn2C)n1. The third-order valence-corrected chi connectivity index (χ3v) is 4.30. The van der Waals surface area contributed by atoms with Crippen molar-refractivity contribution in [3.63, 3.8) is 0 Å². The first-order valence-electron chi connectivity index (χ1n) is 7.77. The maximum absolute atomic E-state index is 5.48. The van der Waals surface area contributed by atoms with Gasteiger partial charge in [-0.1, -0.05) is 0 Å². The van der Waals surface area contributed by atoms with E-state index in [0.29, 0.717) is 11.7 Å². The number of hydrogen-bond donors (Lipinski definition) is 1. The number of ether oxygens (including phenoxy) is 1. The standard InChI is InChI=1S/C15H19N7O/c1-10-12(9-16-19-10)14-18-15(11-4-7-23-8-5-11)22(20-14)13-3-6-17-21(13)2/h3,6,9,11H,4-5,7-8H2,1-2H3,(H,16,19). The van der Waals surface area contributed by atoms with Gasteiger partial charge in [0, 0.05) is 37.9 Å². The van der Waals surface area contributed by atoms with Crippen molar-refractivity contribution in [2.75, 3.05) is 13.2 Å². The molecule has 0 spiro atoms. The normalized spacial score (nSPS) is 16.1. The predicted octanol–water partition coefficient (Wildman–Crippen LogP) is 1.59. The molecular formula is C15H19N7O. The molecule has 0 bridgehead atoms. The zero-order valence-electron chi connectivity index (χ0n) is 13.2. The van der Waals surface area contributed by atoms with Crippen LogP contribution in [0.1, 0.15) is 30.3 Å². The lowest BCUT2D eigenvalue weighted by Gasteiger charge is -2.21. The van der Waals surface area contributed by atoms with E-state index in [4.69, 9.17) is 14.8 Å². The largest absolute Gasteiger partial charge is 0.381 e. The van der Waals surface area contributed by atoms with E-state index >= 15 is 0 Å². The second kappa shape index (κ2) is 5.62. The van der Waals surface area contributed by atoms with E-state index in [0.717, 1.165) is 49.0 Å². The third kappa shape index (κ3) is 2.44. The van der Waals surface area contributed by atoms with Gasteiger partial charge >= 0.3 is 0 Å². The number of aryl methyl sites for hydroxylation is 2. The number of nitrogens with one attached hydrogen (secondary N) is 1. The van der Waals surface area contributed by atoms with Gasteiger partial charge in [0.05, 0.1) is 18.0 Å². The fourth-order valence-corrected chi connectivity index (χ4v) is 2.98. The Labute approximate surface area is 133 Å². The highest BCUT2D eigenvalue weighted by Gasteiger charge is 2.25. The Morgan fingerprint density at radius 2 is 2.13 bits per heavy atom. The number of aromatic nitrogens is 7. The van der Waals surface area contributed by atoms with E-state index in [1.54, 1.807) is 12.4 Å². The van der Waals surface area contributed by atoms with Crippen molar-refractivity contribution in [2.45, 2.75) is 25.7 Å². The van der Waals surface area contributed by atoms with Crippen molar-refractivity contribution in [3.8, 4) is 17.2 Å². The Hall–Kier alpha value is -2.48. The molecule has 4 heterocycles. The van der Waals surface area contributed by atoms with E-state index in [9.17, 15) is 0 Å². The van der Waals surface area contributed by atoms with Crippen LogP contribution >= 0.6 is 0 Å². The molecule has 0 atom stereocenters. The molecule has 0 aromatic carbocycles. The maximum Gasteiger partial charge on any atom is 0.185 e. The molecule has 0 amide bonds. The summed E-state index contributed by atoms with van der Waals surface area (Å²) < 4.78 is 9.20. The van der Waals surface area contributed by atoms with Gasteiger partial charge in [-0.15, -0.1) is 5.10 Å². The molecule has 0 unspecified atom stereocenters. The van der Waals surface area contributed by atoms with E-state index in [1.165, 1.54) is 0 Å². The fraction of sp³-hybridized carbons (Fsp3) is 0.467. The number of H-pyrrole nitrogens is 1. The van der Waals surface area contributed by atoms with Crippen LogP contribution in [0.15, 0.2) is 18.5 Å². The summed E-state index contributed by atoms with van der Waals surface area (Å²) in [6.45, 7) is 3.51. The van der Waals surface area contributed by atoms with Crippen LogP contribution in [-0.2, 0) is 11.8 Å². The van der Waals surface area contributed by atoms with Crippen LogP contribution in [0.25, 0.3) is 17.2 Å². The predicted molar refractivity (Wildman–Crippen MR) is 83.2 cm³/mol. The molecule has 0 aliphatic carbocycles. The lowest BCUT2D eigenvalue weighted by Crippen LogP contribution is -2.19. The average Bonchev–Trinajstić information content (AvgIpc) is 3.27. The summed E-state index contributed by atoms with van der Waals surface area (Å²) in [5, 5.41) is 16.0. The van der Waals surface area contributed by atoms with Crippen molar-refractivity contribution in [3.05, 3.63) is 30.0 Å². The summed E-state index contributed by atoms with van der Waals surface area (Å²) in [4.78, 5) is 4.83. The highest BCUT2D eigenvalue weighted by Crippen LogP contribution is 2.29. The topological polar surface area (TPSA) is 86.4 Å². The third-order valence-electron chi connectivity index (χ3n) is 4.30. The molecule has 4 rings (SSSR count). The van der Waals surface area contributed by atoms with Gasteiger partial charge in [0.15, 0.2) is 11.6 Å². The molecule has 0 saturated carbocycles. The Morgan fingerprint density at radius 1 is 1.30 bits per heavy atom. The van der Waals surface area contributed by atoms with Crippen LogP contribution in [0, 0.1) is 6.92 Å². The first-order valence-corrected chi connectivity index (χ1v) is 7.77. The van der Waals surface area contributed by atoms with Crippen molar-refractivity contribution < 1.29 is 4.74 Å². The molecule has 8 nitrogen and oxygen atoms in total. The Morgan fingerprint density at radius 3 is 2.78 bits per heavy atom. The Kier molecular flexibility index (Phi) is 3.45. The average molecular weight is 313 g/mol. The van der Waals surface area contributed by atoms with Gasteiger partial charge in [-0.3, -0.25) is 9.78 Å². The molecule has 0 radical (unpaired) electrons. The number of hydrogen-bond acceptors (Lipinski definition) is 5. The van der Waals surface area contributed by atoms with E-state index < -0.39 is 0 Å². The van der Waals surface area contributed by atoms with Crippen LogP contribution in [0.3, 0.4) is 0 Å². The Bertz CT molecular complexity index is 810. The summed E-state index contributed by atoms with van der Waals surface area (Å²) in [6.07, 6.45) is 5.46. The van der Waals surface area contributed by atoms with E-state index in [-0.39, 0.29) is 0 Å². The molecule has 1 aliphatic heterocycles. The highest BCUT2D eigenvalue weighted by molar-refractivity contribution is 5.56. The van der Waals surface area contributed by atoms with Gasteiger partial charge in [0.1, 0.15) is 5.82 Å². The molecule has 1 N–H and O–H groups in total. The minimum atomic E-state index is 0.340. The van der Waals surface area contributed by atoms with E-state index in [2.05, 4.69) is 15.3 Å². The number of aromatic amines is 1. The van der Waals surface area contributed by atoms with Gasteiger partial charge in [-0.05, 0) is 19.8 Å². The molecule has 23 heavy (non-hydrogen) atoms. The van der Waals surface area contributed by atoms with Gasteiger partial charge in [0.2, 0.25) is 0 Å². The molecule has 3 aromatic rings. The van der Waals surface area contributed by atoms with Crippen molar-refractivity contribution in [2.24, 2.45) is 7.05 Å². The zero-order valence-corrected chi connectivity index (χ0v) is 13.2. The highest BCUT2D eigenvalue weighted by atomic mass is 16.5. The summed E-state index contributed by atoms with van der Waals surface area (Å²) in [5.41, 5.74) is 1.89. The molecule has 3 aromatic heterocycles. The summed E-state index contributed by atoms with van der Waals surface area (Å²) in [6, 6.07) is 1.95. The molecule has 1 saturated heterocycles. The van der Waals surface area contributed by atoms with Crippen molar-refractivity contribution >= 4 is 0 Å². The molecule has 1 aliphatic rings. The van der Waals surface area contributed by atoms with Gasteiger partial charge < -0.3 is 4.74 Å². The second-order valence-corrected chi connectivity index (χ2v) is 5.81. The Balaban J connectivity index is 1.84. The van der Waals surface area contributed by atoms with Crippen molar-refractivity contribution in [1.82, 2.24) is 34.7 Å². The van der Waals surface area contributed by atoms with Crippen molar-refractivity contribution in [1.29, 1.82) is 0 Å². The van der Waals surface area contributed by atoms with Gasteiger partial charge in [0.25, 0.3) is 0 Å². The van der Waals surface area contributed by atoms with Crippen LogP contribution in [-0.4, -0.2) is 48.0 Å². The van der Waals surface area contributed by atoms with Gasteiger partial charge in [-0.2, -0.15) is 14.9 Å². The lowest BCUT2D eigenvalue weighted by atomic mass is 9.99. The summed E-state index contributed by atoms with van der Waals surface area (Å²) >= 11 is 0. The lowest BCUT2D eigenvalue weighted by molar-refractivity contribution is 0.0831. The minimum absolute atomic E-state index is 0.340. The van der Waals surface area contributed by atoms with Gasteiger partial charge in [-0.25, -0.2) is 4.98 Å². The fourth-order valence-electron chi connectivity index (χ4n) is 2.98. The minimum Gasteiger partial charge on any atom is -0.381 e. The molecule has 1 fully saturated rings. The monoisotopic (exact) mass is 313 g/mol. The summed E-state index contributed by atoms with van der Waals surface area (Å²) in [7, 11) is 1.91. The second-order valence-electron chi connectivity index (χ2n) is 5.81. The molecular weight excluding hydrogens is 294 g/mol.